The first kappa shape index (κ1) is 22.4. The van der Waals surface area contributed by atoms with Gasteiger partial charge in [0.05, 0.1) is 5.02 Å². The van der Waals surface area contributed by atoms with Crippen molar-refractivity contribution in [1.29, 1.82) is 0 Å². The third kappa shape index (κ3) is 4.26. The summed E-state index contributed by atoms with van der Waals surface area (Å²) in [6, 6.07) is 8.69. The normalized spacial score (nSPS) is 17.9. The van der Waals surface area contributed by atoms with Gasteiger partial charge in [0, 0.05) is 17.1 Å². The fourth-order valence-electron chi connectivity index (χ4n) is 3.70. The molecule has 0 spiro atoms. The summed E-state index contributed by atoms with van der Waals surface area (Å²) < 4.78 is 38.3. The number of aromatic nitrogens is 2. The summed E-state index contributed by atoms with van der Waals surface area (Å²) in [4.78, 5) is 12.9. The highest BCUT2D eigenvalue weighted by Gasteiger charge is 2.40. The van der Waals surface area contributed by atoms with Crippen LogP contribution in [0.15, 0.2) is 41.3 Å². The van der Waals surface area contributed by atoms with Gasteiger partial charge >= 0.3 is 0 Å². The molecule has 13 heteroatoms. The number of sulfonamides is 1. The molecule has 0 radical (unpaired) electrons. The number of rotatable bonds is 5. The smallest absolute Gasteiger partial charge is 0.245 e. The number of amides is 1. The Morgan fingerprint density at radius 1 is 1.12 bits per heavy atom. The summed E-state index contributed by atoms with van der Waals surface area (Å²) in [5.41, 5.74) is 0.762. The van der Waals surface area contributed by atoms with E-state index in [0.717, 1.165) is 9.87 Å². The first-order valence-corrected chi connectivity index (χ1v) is 12.9. The minimum absolute atomic E-state index is 0.0444. The molecule has 172 valence electrons. The summed E-state index contributed by atoms with van der Waals surface area (Å²) in [7, 11) is -4.02. The SMILES string of the molecule is O=C(Nc1nnc(-c2ccc3c(c2)OCO3)s1)C1CCCN1S(=O)(=O)c1cc(Cl)ccc1Cl. The Labute approximate surface area is 203 Å². The molecule has 1 aromatic heterocycles. The second-order valence-electron chi connectivity index (χ2n) is 7.32. The van der Waals surface area contributed by atoms with Crippen molar-refractivity contribution in [3.05, 3.63) is 46.4 Å². The standard InChI is InChI=1S/C20H16Cl2N4O5S2/c21-12-4-5-13(22)17(9-12)33(28,29)26-7-1-2-14(26)18(27)23-20-25-24-19(32-20)11-3-6-15-16(8-11)31-10-30-15/h3-6,8-9,14H,1-2,7,10H2,(H,23,25,27). The lowest BCUT2D eigenvalue weighted by Crippen LogP contribution is -2.43. The van der Waals surface area contributed by atoms with Crippen molar-refractivity contribution in [2.75, 3.05) is 18.7 Å². The Morgan fingerprint density at radius 3 is 2.79 bits per heavy atom. The van der Waals surface area contributed by atoms with E-state index in [9.17, 15) is 13.2 Å². The van der Waals surface area contributed by atoms with Crippen LogP contribution in [0.3, 0.4) is 0 Å². The van der Waals surface area contributed by atoms with Crippen LogP contribution < -0.4 is 14.8 Å². The molecule has 2 aliphatic heterocycles. The fourth-order valence-corrected chi connectivity index (χ4v) is 6.84. The minimum Gasteiger partial charge on any atom is -0.454 e. The van der Waals surface area contributed by atoms with Gasteiger partial charge in [0.1, 0.15) is 15.9 Å². The number of anilines is 1. The molecular formula is C20H16Cl2N4O5S2. The molecule has 1 atom stereocenters. The fraction of sp³-hybridized carbons (Fsp3) is 0.250. The van der Waals surface area contributed by atoms with Gasteiger partial charge in [-0.15, -0.1) is 10.2 Å². The Morgan fingerprint density at radius 2 is 1.94 bits per heavy atom. The third-order valence-electron chi connectivity index (χ3n) is 5.26. The van der Waals surface area contributed by atoms with Crippen molar-refractivity contribution in [2.45, 2.75) is 23.8 Å². The number of carbonyl (C=O) groups is 1. The van der Waals surface area contributed by atoms with Gasteiger partial charge in [-0.1, -0.05) is 34.5 Å². The maximum atomic E-state index is 13.2. The summed E-state index contributed by atoms with van der Waals surface area (Å²) >= 11 is 13.3. The van der Waals surface area contributed by atoms with Crippen LogP contribution in [-0.2, 0) is 14.8 Å². The summed E-state index contributed by atoms with van der Waals surface area (Å²) in [5, 5.41) is 12.0. The highest BCUT2D eigenvalue weighted by atomic mass is 35.5. The van der Waals surface area contributed by atoms with Crippen molar-refractivity contribution in [1.82, 2.24) is 14.5 Å². The van der Waals surface area contributed by atoms with Crippen molar-refractivity contribution < 1.29 is 22.7 Å². The molecule has 3 aromatic rings. The second-order valence-corrected chi connectivity index (χ2v) is 11.0. The summed E-state index contributed by atoms with van der Waals surface area (Å²) in [5.74, 6) is 0.779. The van der Waals surface area contributed by atoms with Crippen LogP contribution >= 0.6 is 34.5 Å². The number of nitrogens with one attached hydrogen (secondary N) is 1. The molecule has 0 aliphatic carbocycles. The van der Waals surface area contributed by atoms with Gasteiger partial charge in [0.15, 0.2) is 11.5 Å². The van der Waals surface area contributed by atoms with Crippen LogP contribution in [0.1, 0.15) is 12.8 Å². The zero-order chi connectivity index (χ0) is 23.2. The number of nitrogens with zero attached hydrogens (tertiary/aromatic N) is 3. The first-order chi connectivity index (χ1) is 15.8. The molecule has 1 fully saturated rings. The van der Waals surface area contributed by atoms with Gasteiger partial charge in [-0.2, -0.15) is 4.31 Å². The van der Waals surface area contributed by atoms with E-state index >= 15 is 0 Å². The van der Waals surface area contributed by atoms with E-state index in [1.807, 2.05) is 6.07 Å². The van der Waals surface area contributed by atoms with Crippen LogP contribution in [0.25, 0.3) is 10.6 Å². The number of hydrogen-bond acceptors (Lipinski definition) is 8. The maximum absolute atomic E-state index is 13.2. The summed E-state index contributed by atoms with van der Waals surface area (Å²) in [6.07, 6.45) is 0.908. The van der Waals surface area contributed by atoms with Crippen molar-refractivity contribution in [3.8, 4) is 22.1 Å². The topological polar surface area (TPSA) is 111 Å². The Kier molecular flexibility index (Phi) is 5.91. The quantitative estimate of drug-likeness (QED) is 0.534. The number of benzene rings is 2. The van der Waals surface area contributed by atoms with Crippen molar-refractivity contribution >= 4 is 55.6 Å². The zero-order valence-corrected chi connectivity index (χ0v) is 20.0. The molecule has 2 aromatic carbocycles. The predicted octanol–water partition coefficient (Wildman–Crippen LogP) is 4.03. The van der Waals surface area contributed by atoms with Gasteiger partial charge in [-0.25, -0.2) is 8.42 Å². The lowest BCUT2D eigenvalue weighted by Gasteiger charge is -2.23. The van der Waals surface area contributed by atoms with Gasteiger partial charge in [0.25, 0.3) is 0 Å². The van der Waals surface area contributed by atoms with E-state index in [-0.39, 0.29) is 33.4 Å². The Bertz CT molecular complexity index is 1350. The monoisotopic (exact) mass is 526 g/mol. The van der Waals surface area contributed by atoms with Gasteiger partial charge in [-0.05, 0) is 49.2 Å². The Balaban J connectivity index is 1.34. The molecule has 1 saturated heterocycles. The molecule has 3 heterocycles. The van der Waals surface area contributed by atoms with Crippen LogP contribution in [0, 0.1) is 0 Å². The van der Waals surface area contributed by atoms with Gasteiger partial charge in [-0.3, -0.25) is 10.1 Å². The molecule has 1 N–H and O–H groups in total. The second kappa shape index (κ2) is 8.73. The average molecular weight is 527 g/mol. The third-order valence-corrected chi connectivity index (χ3v) is 8.77. The number of halogens is 2. The molecule has 5 rings (SSSR count). The number of ether oxygens (including phenoxy) is 2. The number of carbonyl (C=O) groups excluding carboxylic acids is 1. The molecule has 33 heavy (non-hydrogen) atoms. The molecule has 2 aliphatic rings. The Hall–Kier alpha value is -2.44. The first-order valence-electron chi connectivity index (χ1n) is 9.84. The highest BCUT2D eigenvalue weighted by molar-refractivity contribution is 7.89. The molecule has 9 nitrogen and oxygen atoms in total. The molecule has 1 unspecified atom stereocenters. The number of fused-ring (bicyclic) bond motifs is 1. The highest BCUT2D eigenvalue weighted by Crippen LogP contribution is 2.37. The van der Waals surface area contributed by atoms with Crippen molar-refractivity contribution in [2.24, 2.45) is 0 Å². The van der Waals surface area contributed by atoms with E-state index in [1.165, 1.54) is 29.5 Å². The van der Waals surface area contributed by atoms with E-state index in [2.05, 4.69) is 15.5 Å². The van der Waals surface area contributed by atoms with E-state index < -0.39 is 22.0 Å². The zero-order valence-electron chi connectivity index (χ0n) is 16.8. The predicted molar refractivity (Wildman–Crippen MR) is 123 cm³/mol. The lowest BCUT2D eigenvalue weighted by atomic mass is 10.2. The van der Waals surface area contributed by atoms with Gasteiger partial charge < -0.3 is 9.47 Å². The average Bonchev–Trinajstić information content (AvgIpc) is 3.55. The molecular weight excluding hydrogens is 511 g/mol. The van der Waals surface area contributed by atoms with Crippen molar-refractivity contribution in [3.63, 3.8) is 0 Å². The van der Waals surface area contributed by atoms with Crippen LogP contribution in [0.5, 0.6) is 11.5 Å². The van der Waals surface area contributed by atoms with E-state index in [4.69, 9.17) is 32.7 Å². The summed E-state index contributed by atoms with van der Waals surface area (Å²) in [6.45, 7) is 0.360. The van der Waals surface area contributed by atoms with Crippen LogP contribution in [0.4, 0.5) is 5.13 Å². The molecule has 0 saturated carbocycles. The van der Waals surface area contributed by atoms with E-state index in [0.29, 0.717) is 29.3 Å². The molecule has 1 amide bonds. The molecule has 0 bridgehead atoms. The van der Waals surface area contributed by atoms with Gasteiger partial charge in [0.2, 0.25) is 27.9 Å². The number of hydrogen-bond donors (Lipinski definition) is 1. The lowest BCUT2D eigenvalue weighted by molar-refractivity contribution is -0.119. The van der Waals surface area contributed by atoms with Crippen LogP contribution in [0.2, 0.25) is 10.0 Å². The maximum Gasteiger partial charge on any atom is 0.245 e. The van der Waals surface area contributed by atoms with E-state index in [1.54, 1.807) is 12.1 Å². The van der Waals surface area contributed by atoms with Crippen LogP contribution in [-0.4, -0.2) is 48.2 Å². The minimum atomic E-state index is -4.02. The largest absolute Gasteiger partial charge is 0.454 e.